The normalized spacial score (nSPS) is 10.5. The van der Waals surface area contributed by atoms with Gasteiger partial charge in [-0.3, -0.25) is 14.4 Å². The summed E-state index contributed by atoms with van der Waals surface area (Å²) in [6.45, 7) is 0. The van der Waals surface area contributed by atoms with Gasteiger partial charge in [-0.25, -0.2) is 10.2 Å². The number of nitrogens with two attached hydrogens (primary N) is 1. The number of amides is 3. The van der Waals surface area contributed by atoms with Gasteiger partial charge in [0.25, 0.3) is 0 Å². The molecule has 0 saturated carbocycles. The Morgan fingerprint density at radius 2 is 1.54 bits per heavy atom. The highest BCUT2D eigenvalue weighted by Crippen LogP contribution is 2.28. The van der Waals surface area contributed by atoms with Crippen molar-refractivity contribution in [3.05, 3.63) is 88.4 Å². The first kappa shape index (κ1) is 24.9. The number of ether oxygens (including phenoxy) is 2. The second kappa shape index (κ2) is 11.4. The maximum absolute atomic E-state index is 12.3. The van der Waals surface area contributed by atoms with E-state index in [4.69, 9.17) is 26.8 Å². The topological polar surface area (TPSA) is 149 Å². The molecule has 0 radical (unpaired) electrons. The maximum atomic E-state index is 12.3. The molecule has 0 unspecified atom stereocenters. The highest BCUT2D eigenvalue weighted by Gasteiger charge is 2.14. The average Bonchev–Trinajstić information content (AvgIpc) is 2.85. The van der Waals surface area contributed by atoms with Crippen molar-refractivity contribution in [1.29, 1.82) is 0 Å². The number of primary amides is 1. The van der Waals surface area contributed by atoms with E-state index in [1.54, 1.807) is 18.2 Å². The summed E-state index contributed by atoms with van der Waals surface area (Å²) < 4.78 is 10.6. The fourth-order valence-electron chi connectivity index (χ4n) is 2.72. The number of carbonyl (C=O) groups is 4. The SMILES string of the molecule is COc1cc(/C=N/NC(=O)C(=O)Nc2ccc(C(N)=O)cc2)ccc1OC(=O)c1ccc(Cl)cc1. The van der Waals surface area contributed by atoms with Crippen molar-refractivity contribution in [3.8, 4) is 11.5 Å². The van der Waals surface area contributed by atoms with Crippen LogP contribution in [0.15, 0.2) is 71.8 Å². The zero-order valence-corrected chi connectivity index (χ0v) is 19.0. The zero-order valence-electron chi connectivity index (χ0n) is 18.3. The molecule has 0 spiro atoms. The summed E-state index contributed by atoms with van der Waals surface area (Å²) in [5, 5.41) is 6.60. The van der Waals surface area contributed by atoms with Crippen LogP contribution in [0.5, 0.6) is 11.5 Å². The minimum atomic E-state index is -1.01. The molecular formula is C24H19ClN4O6. The van der Waals surface area contributed by atoms with Crippen LogP contribution in [0.25, 0.3) is 0 Å². The summed E-state index contributed by atoms with van der Waals surface area (Å²) in [4.78, 5) is 47.3. The molecule has 3 aromatic carbocycles. The van der Waals surface area contributed by atoms with Crippen LogP contribution in [0.3, 0.4) is 0 Å². The van der Waals surface area contributed by atoms with Gasteiger partial charge in [0, 0.05) is 16.3 Å². The summed E-state index contributed by atoms with van der Waals surface area (Å²) >= 11 is 5.82. The Kier molecular flexibility index (Phi) is 8.15. The van der Waals surface area contributed by atoms with Crippen molar-refractivity contribution in [2.24, 2.45) is 10.8 Å². The molecule has 0 bridgehead atoms. The van der Waals surface area contributed by atoms with Crippen molar-refractivity contribution in [2.45, 2.75) is 0 Å². The molecular weight excluding hydrogens is 476 g/mol. The first-order valence-corrected chi connectivity index (χ1v) is 10.3. The number of anilines is 1. The maximum Gasteiger partial charge on any atom is 0.343 e. The molecule has 3 aromatic rings. The summed E-state index contributed by atoms with van der Waals surface area (Å²) in [6, 6.07) is 16.5. The molecule has 178 valence electrons. The van der Waals surface area contributed by atoms with Crippen LogP contribution in [0.2, 0.25) is 5.02 Å². The van der Waals surface area contributed by atoms with E-state index in [0.717, 1.165) is 0 Å². The Labute approximate surface area is 204 Å². The second-order valence-electron chi connectivity index (χ2n) is 6.90. The van der Waals surface area contributed by atoms with Gasteiger partial charge in [0.2, 0.25) is 5.91 Å². The molecule has 0 aromatic heterocycles. The van der Waals surface area contributed by atoms with E-state index in [0.29, 0.717) is 21.8 Å². The van der Waals surface area contributed by atoms with E-state index in [1.165, 1.54) is 61.9 Å². The van der Waals surface area contributed by atoms with Gasteiger partial charge < -0.3 is 20.5 Å². The molecule has 10 nitrogen and oxygen atoms in total. The number of benzene rings is 3. The number of nitrogens with zero attached hydrogens (tertiary/aromatic N) is 1. The lowest BCUT2D eigenvalue weighted by Crippen LogP contribution is -2.32. The first-order valence-electron chi connectivity index (χ1n) is 9.97. The van der Waals surface area contributed by atoms with Crippen molar-refractivity contribution in [3.63, 3.8) is 0 Å². The van der Waals surface area contributed by atoms with Gasteiger partial charge in [0.1, 0.15) is 0 Å². The smallest absolute Gasteiger partial charge is 0.343 e. The van der Waals surface area contributed by atoms with Crippen molar-refractivity contribution in [1.82, 2.24) is 5.43 Å². The van der Waals surface area contributed by atoms with Gasteiger partial charge in [-0.15, -0.1) is 0 Å². The van der Waals surface area contributed by atoms with E-state index >= 15 is 0 Å². The number of nitrogens with one attached hydrogen (secondary N) is 2. The number of halogens is 1. The van der Waals surface area contributed by atoms with Crippen LogP contribution in [0.4, 0.5) is 5.69 Å². The molecule has 4 N–H and O–H groups in total. The fourth-order valence-corrected chi connectivity index (χ4v) is 2.84. The molecule has 0 fully saturated rings. The quantitative estimate of drug-likeness (QED) is 0.151. The average molecular weight is 495 g/mol. The van der Waals surface area contributed by atoms with Crippen LogP contribution in [-0.4, -0.2) is 37.0 Å². The minimum absolute atomic E-state index is 0.176. The highest BCUT2D eigenvalue weighted by molar-refractivity contribution is 6.39. The fraction of sp³-hybridized carbons (Fsp3) is 0.0417. The van der Waals surface area contributed by atoms with Gasteiger partial charge in [-0.2, -0.15) is 5.10 Å². The summed E-state index contributed by atoms with van der Waals surface area (Å²) in [5.74, 6) is -2.75. The van der Waals surface area contributed by atoms with Crippen LogP contribution in [0.1, 0.15) is 26.3 Å². The van der Waals surface area contributed by atoms with E-state index in [1.807, 2.05) is 0 Å². The Hall–Kier alpha value is -4.70. The zero-order chi connectivity index (χ0) is 25.4. The van der Waals surface area contributed by atoms with Gasteiger partial charge in [0.15, 0.2) is 11.5 Å². The number of hydrazone groups is 1. The minimum Gasteiger partial charge on any atom is -0.493 e. The number of rotatable bonds is 7. The molecule has 0 aliphatic rings. The lowest BCUT2D eigenvalue weighted by molar-refractivity contribution is -0.136. The molecule has 0 aliphatic carbocycles. The standard InChI is InChI=1S/C24H19ClN4O6/c1-34-20-12-14(2-11-19(20)35-24(33)16-3-7-17(25)8-4-16)13-27-29-23(32)22(31)28-18-9-5-15(6-10-18)21(26)30/h2-13H,1H3,(H2,26,30)(H,28,31)(H,29,32)/b27-13+. The predicted octanol–water partition coefficient (Wildman–Crippen LogP) is 2.76. The Bertz CT molecular complexity index is 1290. The Morgan fingerprint density at radius 1 is 0.886 bits per heavy atom. The third kappa shape index (κ3) is 6.89. The first-order chi connectivity index (χ1) is 16.8. The van der Waals surface area contributed by atoms with Gasteiger partial charge in [0.05, 0.1) is 18.9 Å². The van der Waals surface area contributed by atoms with E-state index in [-0.39, 0.29) is 17.1 Å². The van der Waals surface area contributed by atoms with Crippen LogP contribution >= 0.6 is 11.6 Å². The Balaban J connectivity index is 1.58. The lowest BCUT2D eigenvalue weighted by atomic mass is 10.2. The molecule has 35 heavy (non-hydrogen) atoms. The molecule has 0 saturated heterocycles. The van der Waals surface area contributed by atoms with Crippen LogP contribution in [0, 0.1) is 0 Å². The number of methoxy groups -OCH3 is 1. The molecule has 0 heterocycles. The summed E-state index contributed by atoms with van der Waals surface area (Å²) in [5.41, 5.74) is 8.62. The second-order valence-corrected chi connectivity index (χ2v) is 7.34. The van der Waals surface area contributed by atoms with E-state index in [2.05, 4.69) is 15.8 Å². The molecule has 3 amide bonds. The van der Waals surface area contributed by atoms with E-state index < -0.39 is 23.7 Å². The summed E-state index contributed by atoms with van der Waals surface area (Å²) in [6.07, 6.45) is 1.28. The monoisotopic (exact) mass is 494 g/mol. The van der Waals surface area contributed by atoms with Crippen molar-refractivity contribution >= 4 is 47.2 Å². The largest absolute Gasteiger partial charge is 0.493 e. The van der Waals surface area contributed by atoms with Gasteiger partial charge in [-0.1, -0.05) is 11.6 Å². The predicted molar refractivity (Wildman–Crippen MR) is 129 cm³/mol. The highest BCUT2D eigenvalue weighted by atomic mass is 35.5. The van der Waals surface area contributed by atoms with E-state index in [9.17, 15) is 19.2 Å². The third-order valence-corrected chi connectivity index (χ3v) is 4.74. The molecule has 0 aliphatic heterocycles. The number of esters is 1. The number of hydrogen-bond donors (Lipinski definition) is 3. The van der Waals surface area contributed by atoms with Crippen molar-refractivity contribution < 1.29 is 28.7 Å². The van der Waals surface area contributed by atoms with Gasteiger partial charge in [-0.05, 0) is 72.3 Å². The molecule has 11 heteroatoms. The number of carbonyl (C=O) groups excluding carboxylic acids is 4. The Morgan fingerprint density at radius 3 is 2.17 bits per heavy atom. The molecule has 3 rings (SSSR count). The van der Waals surface area contributed by atoms with Crippen molar-refractivity contribution in [2.75, 3.05) is 12.4 Å². The van der Waals surface area contributed by atoms with Crippen LogP contribution in [-0.2, 0) is 9.59 Å². The van der Waals surface area contributed by atoms with Crippen LogP contribution < -0.4 is 25.9 Å². The number of hydrogen-bond acceptors (Lipinski definition) is 7. The summed E-state index contributed by atoms with van der Waals surface area (Å²) in [7, 11) is 1.40. The molecule has 0 atom stereocenters. The third-order valence-electron chi connectivity index (χ3n) is 4.48. The van der Waals surface area contributed by atoms with Gasteiger partial charge >= 0.3 is 17.8 Å². The lowest BCUT2D eigenvalue weighted by Gasteiger charge is -2.10.